The van der Waals surface area contributed by atoms with E-state index in [4.69, 9.17) is 0 Å². The third kappa shape index (κ3) is 3.98. The van der Waals surface area contributed by atoms with Crippen molar-refractivity contribution in [2.75, 3.05) is 18.4 Å². The van der Waals surface area contributed by atoms with Crippen LogP contribution in [-0.2, 0) is 10.0 Å². The molecule has 0 bridgehead atoms. The maximum absolute atomic E-state index is 11.8. The van der Waals surface area contributed by atoms with Gasteiger partial charge in [-0.25, -0.2) is 18.1 Å². The Morgan fingerprint density at radius 1 is 1.35 bits per heavy atom. The van der Waals surface area contributed by atoms with E-state index in [9.17, 15) is 8.42 Å². The van der Waals surface area contributed by atoms with Crippen molar-refractivity contribution in [1.29, 1.82) is 0 Å². The molecule has 2 aromatic heterocycles. The van der Waals surface area contributed by atoms with E-state index in [-0.39, 0.29) is 0 Å². The first-order valence-electron chi connectivity index (χ1n) is 6.09. The minimum absolute atomic E-state index is 0.291. The molecular formula is C11H16N4O2S3. The summed E-state index contributed by atoms with van der Waals surface area (Å²) in [6, 6.07) is 3.30. The van der Waals surface area contributed by atoms with Gasteiger partial charge in [-0.3, -0.25) is 0 Å². The largest absolute Gasteiger partial charge is 0.359 e. The summed E-state index contributed by atoms with van der Waals surface area (Å²) < 4.78 is 30.8. The number of nitrogens with one attached hydrogen (secondary N) is 2. The van der Waals surface area contributed by atoms with Crippen LogP contribution in [0.4, 0.5) is 5.13 Å². The first-order valence-corrected chi connectivity index (χ1v) is 9.23. The standard InChI is InChI=1S/C11H16N4O2S3/c1-8(2)10-14-11(19-15-10)12-5-6-13-20(16,17)9-4-3-7-18-9/h3-4,7-8,13H,5-6H2,1-2H3,(H,12,14,15). The number of nitrogens with zero attached hydrogens (tertiary/aromatic N) is 2. The Labute approximate surface area is 126 Å². The average Bonchev–Trinajstić information content (AvgIpc) is 3.05. The Morgan fingerprint density at radius 3 is 2.75 bits per heavy atom. The quantitative estimate of drug-likeness (QED) is 0.759. The molecule has 0 aliphatic heterocycles. The molecule has 110 valence electrons. The molecule has 2 heterocycles. The zero-order chi connectivity index (χ0) is 14.6. The molecule has 2 aromatic rings. The summed E-state index contributed by atoms with van der Waals surface area (Å²) in [5, 5.41) is 5.51. The highest BCUT2D eigenvalue weighted by atomic mass is 32.2. The Bertz CT molecular complexity index is 634. The van der Waals surface area contributed by atoms with Crippen molar-refractivity contribution in [2.24, 2.45) is 0 Å². The van der Waals surface area contributed by atoms with E-state index in [1.165, 1.54) is 22.9 Å². The molecule has 0 aliphatic carbocycles. The van der Waals surface area contributed by atoms with Gasteiger partial charge in [-0.05, 0) is 11.4 Å². The molecule has 2 N–H and O–H groups in total. The van der Waals surface area contributed by atoms with E-state index in [0.717, 1.165) is 5.82 Å². The molecule has 0 fully saturated rings. The first kappa shape index (κ1) is 15.4. The fraction of sp³-hybridized carbons (Fsp3) is 0.455. The SMILES string of the molecule is CC(C)c1nsc(NCCNS(=O)(=O)c2cccs2)n1. The highest BCUT2D eigenvalue weighted by molar-refractivity contribution is 7.91. The van der Waals surface area contributed by atoms with Gasteiger partial charge in [-0.15, -0.1) is 11.3 Å². The average molecular weight is 332 g/mol. The molecule has 6 nitrogen and oxygen atoms in total. The van der Waals surface area contributed by atoms with Crippen LogP contribution in [0.3, 0.4) is 0 Å². The summed E-state index contributed by atoms with van der Waals surface area (Å²) >= 11 is 2.49. The zero-order valence-corrected chi connectivity index (χ0v) is 13.6. The fourth-order valence-electron chi connectivity index (χ4n) is 1.38. The topological polar surface area (TPSA) is 84.0 Å². The van der Waals surface area contributed by atoms with Crippen LogP contribution in [0, 0.1) is 0 Å². The number of rotatable bonds is 7. The van der Waals surface area contributed by atoms with E-state index < -0.39 is 10.0 Å². The van der Waals surface area contributed by atoms with Crippen LogP contribution in [0.15, 0.2) is 21.7 Å². The van der Waals surface area contributed by atoms with Gasteiger partial charge in [0.2, 0.25) is 15.2 Å². The molecule has 0 aliphatic rings. The smallest absolute Gasteiger partial charge is 0.250 e. The van der Waals surface area contributed by atoms with Crippen molar-refractivity contribution in [3.8, 4) is 0 Å². The van der Waals surface area contributed by atoms with Gasteiger partial charge in [-0.2, -0.15) is 4.37 Å². The van der Waals surface area contributed by atoms with Crippen molar-refractivity contribution in [2.45, 2.75) is 24.0 Å². The lowest BCUT2D eigenvalue weighted by molar-refractivity contribution is 0.585. The van der Waals surface area contributed by atoms with Crippen molar-refractivity contribution in [1.82, 2.24) is 14.1 Å². The number of sulfonamides is 1. The number of thiophene rings is 1. The van der Waals surface area contributed by atoms with Gasteiger partial charge in [0.05, 0.1) is 0 Å². The molecule has 0 saturated carbocycles. The van der Waals surface area contributed by atoms with Crippen molar-refractivity contribution < 1.29 is 8.42 Å². The van der Waals surface area contributed by atoms with E-state index in [2.05, 4.69) is 19.4 Å². The van der Waals surface area contributed by atoms with Crippen LogP contribution in [0.5, 0.6) is 0 Å². The molecule has 0 saturated heterocycles. The van der Waals surface area contributed by atoms with E-state index in [0.29, 0.717) is 28.3 Å². The van der Waals surface area contributed by atoms with Crippen molar-refractivity contribution in [3.05, 3.63) is 23.3 Å². The molecule has 2 rings (SSSR count). The zero-order valence-electron chi connectivity index (χ0n) is 11.2. The highest BCUT2D eigenvalue weighted by Crippen LogP contribution is 2.17. The van der Waals surface area contributed by atoms with Crippen molar-refractivity contribution >= 4 is 38.0 Å². The summed E-state index contributed by atoms with van der Waals surface area (Å²) in [6.07, 6.45) is 0. The first-order chi connectivity index (χ1) is 9.49. The minimum Gasteiger partial charge on any atom is -0.359 e. The lowest BCUT2D eigenvalue weighted by atomic mass is 10.2. The van der Waals surface area contributed by atoms with Gasteiger partial charge in [0.25, 0.3) is 0 Å². The second kappa shape index (κ2) is 6.61. The maximum atomic E-state index is 11.8. The van der Waals surface area contributed by atoms with Gasteiger partial charge in [0, 0.05) is 30.5 Å². The molecule has 20 heavy (non-hydrogen) atoms. The Balaban J connectivity index is 1.79. The van der Waals surface area contributed by atoms with Crippen LogP contribution in [0.1, 0.15) is 25.6 Å². The van der Waals surface area contributed by atoms with E-state index >= 15 is 0 Å². The predicted octanol–water partition coefficient (Wildman–Crippen LogP) is 2.11. The number of aromatic nitrogens is 2. The summed E-state index contributed by atoms with van der Waals surface area (Å²) in [4.78, 5) is 4.31. The lowest BCUT2D eigenvalue weighted by Crippen LogP contribution is -2.28. The van der Waals surface area contributed by atoms with Crippen LogP contribution >= 0.6 is 22.9 Å². The molecule has 0 aromatic carbocycles. The van der Waals surface area contributed by atoms with Gasteiger partial charge in [0.1, 0.15) is 10.0 Å². The third-order valence-corrected chi connectivity index (χ3v) is 5.96. The molecule has 0 atom stereocenters. The van der Waals surface area contributed by atoms with Gasteiger partial charge < -0.3 is 5.32 Å². The van der Waals surface area contributed by atoms with Crippen LogP contribution in [0.25, 0.3) is 0 Å². The summed E-state index contributed by atoms with van der Waals surface area (Å²) in [5.74, 6) is 1.09. The van der Waals surface area contributed by atoms with Gasteiger partial charge in [-0.1, -0.05) is 19.9 Å². The third-order valence-electron chi connectivity index (χ3n) is 2.41. The highest BCUT2D eigenvalue weighted by Gasteiger charge is 2.14. The monoisotopic (exact) mass is 332 g/mol. The van der Waals surface area contributed by atoms with Crippen LogP contribution < -0.4 is 10.0 Å². The maximum Gasteiger partial charge on any atom is 0.250 e. The lowest BCUT2D eigenvalue weighted by Gasteiger charge is -2.05. The summed E-state index contributed by atoms with van der Waals surface area (Å²) in [5.41, 5.74) is 0. The van der Waals surface area contributed by atoms with Crippen molar-refractivity contribution in [3.63, 3.8) is 0 Å². The summed E-state index contributed by atoms with van der Waals surface area (Å²) in [6.45, 7) is 4.83. The molecule has 0 unspecified atom stereocenters. The molecular weight excluding hydrogens is 316 g/mol. The second-order valence-corrected chi connectivity index (χ2v) is 8.06. The number of anilines is 1. The second-order valence-electron chi connectivity index (χ2n) is 4.37. The Morgan fingerprint density at radius 2 is 2.15 bits per heavy atom. The van der Waals surface area contributed by atoms with E-state index in [1.54, 1.807) is 17.5 Å². The fourth-order valence-corrected chi connectivity index (χ4v) is 4.19. The number of hydrogen-bond donors (Lipinski definition) is 2. The Kier molecular flexibility index (Phi) is 5.08. The van der Waals surface area contributed by atoms with Crippen LogP contribution in [0.2, 0.25) is 0 Å². The van der Waals surface area contributed by atoms with Crippen LogP contribution in [-0.4, -0.2) is 30.9 Å². The molecule has 9 heteroatoms. The number of hydrogen-bond acceptors (Lipinski definition) is 7. The molecule has 0 spiro atoms. The molecule has 0 radical (unpaired) electrons. The normalized spacial score (nSPS) is 11.9. The van der Waals surface area contributed by atoms with E-state index in [1.807, 2.05) is 13.8 Å². The minimum atomic E-state index is -3.38. The van der Waals surface area contributed by atoms with Gasteiger partial charge in [0.15, 0.2) is 0 Å². The molecule has 0 amide bonds. The Hall–Kier alpha value is -1.03. The predicted molar refractivity (Wildman–Crippen MR) is 82.0 cm³/mol. The van der Waals surface area contributed by atoms with Gasteiger partial charge >= 0.3 is 0 Å². The summed E-state index contributed by atoms with van der Waals surface area (Å²) in [7, 11) is -3.38.